The summed E-state index contributed by atoms with van der Waals surface area (Å²) in [6.07, 6.45) is 1.25. The monoisotopic (exact) mass is 481 g/mol. The van der Waals surface area contributed by atoms with Crippen molar-refractivity contribution in [3.63, 3.8) is 0 Å². The maximum atomic E-state index is 12.7. The van der Waals surface area contributed by atoms with Crippen LogP contribution in [0.2, 0.25) is 0 Å². The summed E-state index contributed by atoms with van der Waals surface area (Å²) in [5.74, 6) is -1.47. The first-order chi connectivity index (χ1) is 16.7. The molecule has 3 rings (SSSR count). The summed E-state index contributed by atoms with van der Waals surface area (Å²) in [7, 11) is 1.32. The first kappa shape index (κ1) is 26.3. The standard InChI is InChI=1S/C28H35NO6/c1-28(2,3)35-27(32)29-16-10-9-11-19(26(31)33-4)17-25(30)34-18-24-22-14-7-5-12-20(22)21-13-6-8-15-23(21)24/h5-8,12-15,19,24H,9-11,16-18H2,1-4H3,(H,29,32)/t19-/m1/s1. The molecule has 1 atom stereocenters. The van der Waals surface area contributed by atoms with Crippen molar-refractivity contribution < 1.29 is 28.6 Å². The number of fused-ring (bicyclic) bond motifs is 3. The molecule has 1 aliphatic rings. The van der Waals surface area contributed by atoms with Crippen molar-refractivity contribution in [3.8, 4) is 11.1 Å². The molecule has 7 nitrogen and oxygen atoms in total. The maximum Gasteiger partial charge on any atom is 0.407 e. The molecule has 2 aromatic rings. The Bertz CT molecular complexity index is 996. The van der Waals surface area contributed by atoms with Crippen LogP contribution in [0.25, 0.3) is 11.1 Å². The molecular formula is C28H35NO6. The Morgan fingerprint density at radius 3 is 2.11 bits per heavy atom. The van der Waals surface area contributed by atoms with Gasteiger partial charge in [-0.05, 0) is 55.9 Å². The SMILES string of the molecule is COC(=O)[C@H](CCCCNC(=O)OC(C)(C)C)CC(=O)OCC1c2ccccc2-c2ccccc21. The van der Waals surface area contributed by atoms with Crippen molar-refractivity contribution in [2.24, 2.45) is 5.92 Å². The van der Waals surface area contributed by atoms with Crippen LogP contribution in [0.3, 0.4) is 0 Å². The fourth-order valence-electron chi connectivity index (χ4n) is 4.37. The average Bonchev–Trinajstić information content (AvgIpc) is 3.14. The quantitative estimate of drug-likeness (QED) is 0.284. The summed E-state index contributed by atoms with van der Waals surface area (Å²) in [5.41, 5.74) is 4.06. The van der Waals surface area contributed by atoms with Crippen LogP contribution in [0.15, 0.2) is 48.5 Å². The van der Waals surface area contributed by atoms with Gasteiger partial charge >= 0.3 is 18.0 Å². The number of unbranched alkanes of at least 4 members (excludes halogenated alkanes) is 1. The summed E-state index contributed by atoms with van der Waals surface area (Å²) in [6, 6.07) is 16.3. The van der Waals surface area contributed by atoms with Crippen molar-refractivity contribution in [1.29, 1.82) is 0 Å². The number of alkyl carbamates (subject to hydrolysis) is 1. The lowest BCUT2D eigenvalue weighted by Crippen LogP contribution is -2.33. The van der Waals surface area contributed by atoms with E-state index in [1.165, 1.54) is 7.11 Å². The van der Waals surface area contributed by atoms with Crippen molar-refractivity contribution >= 4 is 18.0 Å². The van der Waals surface area contributed by atoms with Crippen LogP contribution in [-0.2, 0) is 23.8 Å². The number of ether oxygens (including phenoxy) is 3. The second-order valence-electron chi connectivity index (χ2n) is 9.76. The molecule has 1 aliphatic carbocycles. The molecule has 188 valence electrons. The van der Waals surface area contributed by atoms with Gasteiger partial charge in [-0.3, -0.25) is 9.59 Å². The third-order valence-electron chi connectivity index (χ3n) is 5.97. The minimum Gasteiger partial charge on any atom is -0.469 e. The summed E-state index contributed by atoms with van der Waals surface area (Å²) < 4.78 is 15.7. The first-order valence-electron chi connectivity index (χ1n) is 12.1. The highest BCUT2D eigenvalue weighted by atomic mass is 16.6. The van der Waals surface area contributed by atoms with E-state index in [1.807, 2.05) is 24.3 Å². The Labute approximate surface area is 207 Å². The molecule has 0 radical (unpaired) electrons. The zero-order chi connectivity index (χ0) is 25.4. The predicted molar refractivity (Wildman–Crippen MR) is 133 cm³/mol. The molecule has 35 heavy (non-hydrogen) atoms. The number of hydrogen-bond donors (Lipinski definition) is 1. The van der Waals surface area contributed by atoms with Crippen molar-refractivity contribution in [1.82, 2.24) is 5.32 Å². The van der Waals surface area contributed by atoms with E-state index >= 15 is 0 Å². The van der Waals surface area contributed by atoms with Gasteiger partial charge in [0.05, 0.1) is 19.4 Å². The Kier molecular flexibility index (Phi) is 8.90. The van der Waals surface area contributed by atoms with Gasteiger partial charge in [-0.2, -0.15) is 0 Å². The highest BCUT2D eigenvalue weighted by Crippen LogP contribution is 2.44. The Morgan fingerprint density at radius 2 is 1.54 bits per heavy atom. The Hall–Kier alpha value is -3.35. The fourth-order valence-corrected chi connectivity index (χ4v) is 4.37. The molecular weight excluding hydrogens is 446 g/mol. The average molecular weight is 482 g/mol. The van der Waals surface area contributed by atoms with Crippen LogP contribution >= 0.6 is 0 Å². The Morgan fingerprint density at radius 1 is 0.943 bits per heavy atom. The van der Waals surface area contributed by atoms with E-state index in [0.29, 0.717) is 25.8 Å². The van der Waals surface area contributed by atoms with E-state index in [1.54, 1.807) is 20.8 Å². The van der Waals surface area contributed by atoms with E-state index in [9.17, 15) is 14.4 Å². The van der Waals surface area contributed by atoms with Gasteiger partial charge in [0.2, 0.25) is 0 Å². The number of hydrogen-bond acceptors (Lipinski definition) is 6. The molecule has 2 aromatic carbocycles. The van der Waals surface area contributed by atoms with Gasteiger partial charge in [0.15, 0.2) is 0 Å². The van der Waals surface area contributed by atoms with Gasteiger partial charge in [0, 0.05) is 12.5 Å². The maximum absolute atomic E-state index is 12.7. The van der Waals surface area contributed by atoms with E-state index < -0.39 is 29.6 Å². The number of nitrogens with one attached hydrogen (secondary N) is 1. The molecule has 0 saturated carbocycles. The topological polar surface area (TPSA) is 90.9 Å². The van der Waals surface area contributed by atoms with Crippen LogP contribution in [0, 0.1) is 5.92 Å². The highest BCUT2D eigenvalue weighted by molar-refractivity contribution is 5.81. The Balaban J connectivity index is 1.49. The number of methoxy groups -OCH3 is 1. The molecule has 0 spiro atoms. The molecule has 1 N–H and O–H groups in total. The normalized spacial score (nSPS) is 13.4. The predicted octanol–water partition coefficient (Wildman–Crippen LogP) is 5.22. The minimum atomic E-state index is -0.586. The van der Waals surface area contributed by atoms with Crippen molar-refractivity contribution in [2.45, 2.75) is 58.0 Å². The summed E-state index contributed by atoms with van der Waals surface area (Å²) in [5, 5.41) is 2.70. The number of esters is 2. The second-order valence-corrected chi connectivity index (χ2v) is 9.76. The van der Waals surface area contributed by atoms with Gasteiger partial charge in [0.25, 0.3) is 0 Å². The summed E-state index contributed by atoms with van der Waals surface area (Å²) in [4.78, 5) is 36.6. The van der Waals surface area contributed by atoms with Crippen molar-refractivity contribution in [2.75, 3.05) is 20.3 Å². The fraction of sp³-hybridized carbons (Fsp3) is 0.464. The van der Waals surface area contributed by atoms with E-state index in [2.05, 4.69) is 29.6 Å². The second kappa shape index (κ2) is 11.9. The van der Waals surface area contributed by atoms with Gasteiger partial charge in [-0.1, -0.05) is 55.0 Å². The zero-order valence-corrected chi connectivity index (χ0v) is 21.0. The van der Waals surface area contributed by atoms with E-state index in [0.717, 1.165) is 22.3 Å². The van der Waals surface area contributed by atoms with Crippen LogP contribution in [-0.4, -0.2) is 43.9 Å². The third-order valence-corrected chi connectivity index (χ3v) is 5.97. The zero-order valence-electron chi connectivity index (χ0n) is 21.0. The van der Waals surface area contributed by atoms with Gasteiger partial charge in [-0.25, -0.2) is 4.79 Å². The van der Waals surface area contributed by atoms with Crippen LogP contribution < -0.4 is 5.32 Å². The summed E-state index contributed by atoms with van der Waals surface area (Å²) >= 11 is 0. The number of rotatable bonds is 10. The third kappa shape index (κ3) is 7.31. The lowest BCUT2D eigenvalue weighted by molar-refractivity contribution is -0.153. The number of carbonyl (C=O) groups is 3. The number of amides is 1. The molecule has 0 saturated heterocycles. The van der Waals surface area contributed by atoms with Crippen molar-refractivity contribution in [3.05, 3.63) is 59.7 Å². The van der Waals surface area contributed by atoms with Crippen LogP contribution in [0.1, 0.15) is 63.5 Å². The van der Waals surface area contributed by atoms with E-state index in [-0.39, 0.29) is 18.9 Å². The molecule has 0 unspecified atom stereocenters. The van der Waals surface area contributed by atoms with E-state index in [4.69, 9.17) is 14.2 Å². The molecule has 0 aromatic heterocycles. The molecule has 0 fully saturated rings. The molecule has 1 amide bonds. The molecule has 0 heterocycles. The highest BCUT2D eigenvalue weighted by Gasteiger charge is 2.30. The number of carbonyl (C=O) groups excluding carboxylic acids is 3. The minimum absolute atomic E-state index is 0.0261. The molecule has 7 heteroatoms. The first-order valence-corrected chi connectivity index (χ1v) is 12.1. The van der Waals surface area contributed by atoms with Crippen LogP contribution in [0.4, 0.5) is 4.79 Å². The largest absolute Gasteiger partial charge is 0.469 e. The molecule has 0 aliphatic heterocycles. The lowest BCUT2D eigenvalue weighted by atomic mass is 9.97. The lowest BCUT2D eigenvalue weighted by Gasteiger charge is -2.19. The van der Waals surface area contributed by atoms with Crippen LogP contribution in [0.5, 0.6) is 0 Å². The molecule has 0 bridgehead atoms. The number of benzene rings is 2. The smallest absolute Gasteiger partial charge is 0.407 e. The summed E-state index contributed by atoms with van der Waals surface area (Å²) in [6.45, 7) is 6.05. The van der Waals surface area contributed by atoms with Gasteiger partial charge < -0.3 is 19.5 Å². The van der Waals surface area contributed by atoms with Gasteiger partial charge in [-0.15, -0.1) is 0 Å². The van der Waals surface area contributed by atoms with Gasteiger partial charge in [0.1, 0.15) is 12.2 Å².